The van der Waals surface area contributed by atoms with Gasteiger partial charge in [0.25, 0.3) is 0 Å². The molecule has 2 saturated heterocycles. The van der Waals surface area contributed by atoms with Crippen molar-refractivity contribution in [3.8, 4) is 10.8 Å². The topological polar surface area (TPSA) is 32.5 Å². The second-order valence-electron chi connectivity index (χ2n) is 8.74. The van der Waals surface area contributed by atoms with Crippen molar-refractivity contribution in [2.75, 3.05) is 32.7 Å². The SMILES string of the molecule is Cc1oc(-c2cccs2)nc1CN1CCC2(CCCN(CC3CC3)C2)C1. The second-order valence-corrected chi connectivity index (χ2v) is 9.69. The van der Waals surface area contributed by atoms with Crippen LogP contribution in [0.15, 0.2) is 21.9 Å². The third-order valence-electron chi connectivity index (χ3n) is 6.47. The second kappa shape index (κ2) is 6.77. The normalized spacial score (nSPS) is 27.6. The first-order valence-electron chi connectivity index (χ1n) is 10.1. The van der Waals surface area contributed by atoms with E-state index < -0.39 is 0 Å². The lowest BCUT2D eigenvalue weighted by molar-refractivity contribution is 0.0883. The van der Waals surface area contributed by atoms with Gasteiger partial charge in [-0.2, -0.15) is 0 Å². The number of oxazole rings is 1. The minimum absolute atomic E-state index is 0.529. The summed E-state index contributed by atoms with van der Waals surface area (Å²) >= 11 is 1.69. The van der Waals surface area contributed by atoms with E-state index in [-0.39, 0.29) is 0 Å². The van der Waals surface area contributed by atoms with E-state index in [9.17, 15) is 0 Å². The molecule has 2 aliphatic heterocycles. The summed E-state index contributed by atoms with van der Waals surface area (Å²) in [5.41, 5.74) is 1.65. The van der Waals surface area contributed by atoms with Gasteiger partial charge >= 0.3 is 0 Å². The Balaban J connectivity index is 1.23. The van der Waals surface area contributed by atoms with Crippen LogP contribution in [-0.2, 0) is 6.54 Å². The van der Waals surface area contributed by atoms with Crippen LogP contribution in [0.4, 0.5) is 0 Å². The van der Waals surface area contributed by atoms with Crippen LogP contribution in [0.2, 0.25) is 0 Å². The maximum atomic E-state index is 5.94. The minimum Gasteiger partial charge on any atom is -0.440 e. The van der Waals surface area contributed by atoms with Gasteiger partial charge < -0.3 is 9.32 Å². The van der Waals surface area contributed by atoms with Crippen LogP contribution in [0.5, 0.6) is 0 Å². The van der Waals surface area contributed by atoms with Gasteiger partial charge in [-0.25, -0.2) is 4.98 Å². The van der Waals surface area contributed by atoms with Crippen molar-refractivity contribution in [3.05, 3.63) is 29.0 Å². The van der Waals surface area contributed by atoms with Gasteiger partial charge in [0.05, 0.1) is 10.6 Å². The van der Waals surface area contributed by atoms with E-state index in [2.05, 4.69) is 34.2 Å². The Hall–Kier alpha value is -1.17. The summed E-state index contributed by atoms with van der Waals surface area (Å²) in [4.78, 5) is 11.3. The van der Waals surface area contributed by atoms with E-state index in [1.54, 1.807) is 11.3 Å². The fourth-order valence-corrected chi connectivity index (χ4v) is 5.57. The molecule has 1 atom stereocenters. The highest BCUT2D eigenvalue weighted by Crippen LogP contribution is 2.41. The zero-order valence-corrected chi connectivity index (χ0v) is 16.6. The van der Waals surface area contributed by atoms with E-state index in [4.69, 9.17) is 9.40 Å². The summed E-state index contributed by atoms with van der Waals surface area (Å²) in [6.45, 7) is 9.43. The summed E-state index contributed by atoms with van der Waals surface area (Å²) in [6, 6.07) is 4.14. The zero-order valence-electron chi connectivity index (χ0n) is 15.7. The van der Waals surface area contributed by atoms with E-state index in [0.717, 1.165) is 34.7 Å². The first-order chi connectivity index (χ1) is 12.7. The zero-order chi connectivity index (χ0) is 17.6. The highest BCUT2D eigenvalue weighted by molar-refractivity contribution is 7.13. The van der Waals surface area contributed by atoms with Gasteiger partial charge in [-0.15, -0.1) is 11.3 Å². The molecule has 1 unspecified atom stereocenters. The number of thiophene rings is 1. The van der Waals surface area contributed by atoms with Gasteiger partial charge in [0.1, 0.15) is 5.76 Å². The van der Waals surface area contributed by atoms with Gasteiger partial charge in [0.15, 0.2) is 0 Å². The highest BCUT2D eigenvalue weighted by Gasteiger charge is 2.42. The molecule has 5 rings (SSSR count). The molecule has 4 heterocycles. The third kappa shape index (κ3) is 3.49. The molecule has 26 heavy (non-hydrogen) atoms. The molecule has 2 aromatic rings. The molecule has 0 radical (unpaired) electrons. The van der Waals surface area contributed by atoms with Crippen molar-refractivity contribution >= 4 is 11.3 Å². The molecule has 3 aliphatic rings. The highest BCUT2D eigenvalue weighted by atomic mass is 32.1. The molecule has 140 valence electrons. The van der Waals surface area contributed by atoms with E-state index in [0.29, 0.717) is 5.41 Å². The van der Waals surface area contributed by atoms with E-state index >= 15 is 0 Å². The fourth-order valence-electron chi connectivity index (χ4n) is 4.92. The Labute approximate surface area is 160 Å². The summed E-state index contributed by atoms with van der Waals surface area (Å²) in [7, 11) is 0. The maximum absolute atomic E-state index is 5.94. The average Bonchev–Trinajstić information content (AvgIpc) is 3.01. The smallest absolute Gasteiger partial charge is 0.236 e. The first kappa shape index (κ1) is 17.0. The Bertz CT molecular complexity index is 751. The molecule has 0 aromatic carbocycles. The lowest BCUT2D eigenvalue weighted by atomic mass is 9.79. The van der Waals surface area contributed by atoms with Crippen molar-refractivity contribution in [1.82, 2.24) is 14.8 Å². The molecular weight excluding hydrogens is 342 g/mol. The number of aromatic nitrogens is 1. The molecule has 2 aromatic heterocycles. The lowest BCUT2D eigenvalue weighted by Crippen LogP contribution is -2.45. The number of hydrogen-bond acceptors (Lipinski definition) is 5. The Morgan fingerprint density at radius 3 is 2.92 bits per heavy atom. The van der Waals surface area contributed by atoms with Crippen molar-refractivity contribution in [2.45, 2.75) is 45.6 Å². The van der Waals surface area contributed by atoms with Crippen LogP contribution in [-0.4, -0.2) is 47.5 Å². The largest absolute Gasteiger partial charge is 0.440 e. The van der Waals surface area contributed by atoms with Gasteiger partial charge in [-0.3, -0.25) is 4.90 Å². The van der Waals surface area contributed by atoms with Crippen LogP contribution in [0.1, 0.15) is 43.6 Å². The Morgan fingerprint density at radius 2 is 2.12 bits per heavy atom. The van der Waals surface area contributed by atoms with E-state index in [1.807, 2.05) is 0 Å². The molecule has 0 bridgehead atoms. The summed E-state index contributed by atoms with van der Waals surface area (Å²) in [5.74, 6) is 2.78. The lowest BCUT2D eigenvalue weighted by Gasteiger charge is -2.40. The molecule has 1 spiro atoms. The molecule has 1 aliphatic carbocycles. The fraction of sp³-hybridized carbons (Fsp3) is 0.667. The van der Waals surface area contributed by atoms with Gasteiger partial charge in [0.2, 0.25) is 5.89 Å². The van der Waals surface area contributed by atoms with Crippen molar-refractivity contribution in [1.29, 1.82) is 0 Å². The van der Waals surface area contributed by atoms with Crippen LogP contribution >= 0.6 is 11.3 Å². The standard InChI is InChI=1S/C21H29N3OS/c1-16-18(22-20(25-16)19-4-2-11-26-19)13-24-10-8-21(15-24)7-3-9-23(14-21)12-17-5-6-17/h2,4,11,17H,3,5-10,12-15H2,1H3. The quantitative estimate of drug-likeness (QED) is 0.779. The molecule has 0 N–H and O–H groups in total. The number of nitrogens with zero attached hydrogens (tertiary/aromatic N) is 3. The van der Waals surface area contributed by atoms with Gasteiger partial charge in [-0.1, -0.05) is 6.07 Å². The van der Waals surface area contributed by atoms with Crippen LogP contribution < -0.4 is 0 Å². The van der Waals surface area contributed by atoms with Crippen LogP contribution in [0, 0.1) is 18.3 Å². The molecule has 5 heteroatoms. The minimum atomic E-state index is 0.529. The molecule has 1 saturated carbocycles. The Kier molecular flexibility index (Phi) is 4.42. The number of aryl methyl sites for hydroxylation is 1. The molecular formula is C21H29N3OS. The monoisotopic (exact) mass is 371 g/mol. The number of rotatable bonds is 5. The first-order valence-corrected chi connectivity index (χ1v) is 11.0. The van der Waals surface area contributed by atoms with Gasteiger partial charge in [-0.05, 0) is 74.9 Å². The van der Waals surface area contributed by atoms with Crippen molar-refractivity contribution in [3.63, 3.8) is 0 Å². The maximum Gasteiger partial charge on any atom is 0.236 e. The average molecular weight is 372 g/mol. The summed E-state index contributed by atoms with van der Waals surface area (Å²) in [5, 5.41) is 2.08. The van der Waals surface area contributed by atoms with Crippen molar-refractivity contribution in [2.24, 2.45) is 11.3 Å². The summed E-state index contributed by atoms with van der Waals surface area (Å²) < 4.78 is 5.94. The van der Waals surface area contributed by atoms with Crippen LogP contribution in [0.3, 0.4) is 0 Å². The molecule has 4 nitrogen and oxygen atoms in total. The van der Waals surface area contributed by atoms with Crippen molar-refractivity contribution < 1.29 is 4.42 Å². The van der Waals surface area contributed by atoms with Gasteiger partial charge in [0, 0.05) is 26.2 Å². The predicted octanol–water partition coefficient (Wildman–Crippen LogP) is 4.41. The Morgan fingerprint density at radius 1 is 1.23 bits per heavy atom. The number of piperidine rings is 1. The molecule has 0 amide bonds. The van der Waals surface area contributed by atoms with Crippen LogP contribution in [0.25, 0.3) is 10.8 Å². The van der Waals surface area contributed by atoms with E-state index in [1.165, 1.54) is 64.8 Å². The number of hydrogen-bond donors (Lipinski definition) is 0. The molecule has 3 fully saturated rings. The number of likely N-dealkylation sites (tertiary alicyclic amines) is 2. The summed E-state index contributed by atoms with van der Waals surface area (Å²) in [6.07, 6.45) is 7.07. The third-order valence-corrected chi connectivity index (χ3v) is 7.33. The predicted molar refractivity (Wildman–Crippen MR) is 105 cm³/mol.